The molecular weight excluding hydrogens is 238 g/mol. The lowest BCUT2D eigenvalue weighted by atomic mass is 10.0. The Hall–Kier alpha value is -1.59. The van der Waals surface area contributed by atoms with Crippen LogP contribution >= 0.6 is 0 Å². The Kier molecular flexibility index (Phi) is 7.00. The van der Waals surface area contributed by atoms with Crippen LogP contribution in [0.25, 0.3) is 0 Å². The van der Waals surface area contributed by atoms with E-state index >= 15 is 0 Å². The second-order valence-electron chi connectivity index (χ2n) is 4.44. The van der Waals surface area contributed by atoms with Gasteiger partial charge in [-0.05, 0) is 13.3 Å². The van der Waals surface area contributed by atoms with Gasteiger partial charge in [0.05, 0.1) is 12.5 Å². The van der Waals surface area contributed by atoms with E-state index in [0.717, 1.165) is 0 Å². The Morgan fingerprint density at radius 2 is 1.78 bits per heavy atom. The SMILES string of the molecule is CCOC(=O)[C@@H](C)C[C@H](NC(=O)C(C)C)C(=O)O. The van der Waals surface area contributed by atoms with Gasteiger partial charge in [-0.2, -0.15) is 0 Å². The maximum atomic E-state index is 11.4. The Morgan fingerprint density at radius 3 is 2.17 bits per heavy atom. The zero-order chi connectivity index (χ0) is 14.3. The highest BCUT2D eigenvalue weighted by atomic mass is 16.5. The molecule has 2 N–H and O–H groups in total. The first-order valence-electron chi connectivity index (χ1n) is 5.99. The van der Waals surface area contributed by atoms with E-state index in [2.05, 4.69) is 5.32 Å². The van der Waals surface area contributed by atoms with Gasteiger partial charge in [-0.25, -0.2) is 4.79 Å². The minimum Gasteiger partial charge on any atom is -0.480 e. The molecule has 0 fully saturated rings. The number of hydrogen-bond donors (Lipinski definition) is 2. The van der Waals surface area contributed by atoms with E-state index in [1.165, 1.54) is 0 Å². The molecule has 0 aromatic rings. The van der Waals surface area contributed by atoms with Crippen LogP contribution in [0.2, 0.25) is 0 Å². The molecule has 0 spiro atoms. The Balaban J connectivity index is 4.49. The fraction of sp³-hybridized carbons (Fsp3) is 0.750. The van der Waals surface area contributed by atoms with Crippen LogP contribution < -0.4 is 5.32 Å². The summed E-state index contributed by atoms with van der Waals surface area (Å²) in [6, 6.07) is -1.07. The minimum absolute atomic E-state index is 0.0205. The van der Waals surface area contributed by atoms with Crippen molar-refractivity contribution < 1.29 is 24.2 Å². The summed E-state index contributed by atoms with van der Waals surface area (Å²) in [4.78, 5) is 33.8. The topological polar surface area (TPSA) is 92.7 Å². The normalized spacial score (nSPS) is 13.8. The number of carbonyl (C=O) groups is 3. The fourth-order valence-electron chi connectivity index (χ4n) is 1.29. The highest BCUT2D eigenvalue weighted by Crippen LogP contribution is 2.09. The molecule has 0 aromatic heterocycles. The molecule has 0 aliphatic carbocycles. The van der Waals surface area contributed by atoms with Gasteiger partial charge in [-0.15, -0.1) is 0 Å². The maximum Gasteiger partial charge on any atom is 0.326 e. The van der Waals surface area contributed by atoms with Crippen molar-refractivity contribution in [1.29, 1.82) is 0 Å². The van der Waals surface area contributed by atoms with Crippen LogP contribution in [0.1, 0.15) is 34.1 Å². The van der Waals surface area contributed by atoms with E-state index in [-0.39, 0.29) is 24.9 Å². The highest BCUT2D eigenvalue weighted by molar-refractivity contribution is 5.85. The number of nitrogens with one attached hydrogen (secondary N) is 1. The third kappa shape index (κ3) is 5.65. The van der Waals surface area contributed by atoms with Crippen molar-refractivity contribution in [1.82, 2.24) is 5.32 Å². The van der Waals surface area contributed by atoms with Gasteiger partial charge in [-0.3, -0.25) is 9.59 Å². The van der Waals surface area contributed by atoms with E-state index in [0.29, 0.717) is 0 Å². The largest absolute Gasteiger partial charge is 0.480 e. The monoisotopic (exact) mass is 259 g/mol. The van der Waals surface area contributed by atoms with Gasteiger partial charge in [0.2, 0.25) is 5.91 Å². The fourth-order valence-corrected chi connectivity index (χ4v) is 1.29. The van der Waals surface area contributed by atoms with Crippen LogP contribution in [0, 0.1) is 11.8 Å². The predicted molar refractivity (Wildman–Crippen MR) is 64.8 cm³/mol. The Labute approximate surface area is 107 Å². The Morgan fingerprint density at radius 1 is 1.22 bits per heavy atom. The second kappa shape index (κ2) is 7.68. The lowest BCUT2D eigenvalue weighted by Crippen LogP contribution is -2.44. The first-order chi connectivity index (χ1) is 8.29. The van der Waals surface area contributed by atoms with Gasteiger partial charge in [0.25, 0.3) is 0 Å². The summed E-state index contributed by atoms with van der Waals surface area (Å²) in [6.45, 7) is 6.85. The van der Waals surface area contributed by atoms with Gasteiger partial charge in [0, 0.05) is 5.92 Å². The van der Waals surface area contributed by atoms with Crippen LogP contribution in [-0.2, 0) is 19.1 Å². The van der Waals surface area contributed by atoms with Crippen molar-refractivity contribution in [2.75, 3.05) is 6.61 Å². The van der Waals surface area contributed by atoms with Crippen LogP contribution in [-0.4, -0.2) is 35.6 Å². The number of hydrogen-bond acceptors (Lipinski definition) is 4. The summed E-state index contributed by atoms with van der Waals surface area (Å²) in [7, 11) is 0. The quantitative estimate of drug-likeness (QED) is 0.660. The third-order valence-electron chi connectivity index (χ3n) is 2.42. The summed E-state index contributed by atoms with van der Waals surface area (Å²) < 4.78 is 4.79. The van der Waals surface area contributed by atoms with Gasteiger partial charge >= 0.3 is 11.9 Å². The lowest BCUT2D eigenvalue weighted by molar-refractivity contribution is -0.149. The number of esters is 1. The summed E-state index contributed by atoms with van der Waals surface area (Å²) in [5.74, 6) is -2.83. The van der Waals surface area contributed by atoms with Crippen LogP contribution in [0.5, 0.6) is 0 Å². The molecule has 0 unspecified atom stereocenters. The highest BCUT2D eigenvalue weighted by Gasteiger charge is 2.26. The standard InChI is InChI=1S/C12H21NO5/c1-5-18-12(17)8(4)6-9(11(15)16)13-10(14)7(2)3/h7-9H,5-6H2,1-4H3,(H,13,14)(H,15,16)/t8-,9-/m0/s1. The molecule has 6 heteroatoms. The van der Waals surface area contributed by atoms with Gasteiger partial charge in [0.15, 0.2) is 0 Å². The third-order valence-corrected chi connectivity index (χ3v) is 2.42. The second-order valence-corrected chi connectivity index (χ2v) is 4.44. The number of amides is 1. The smallest absolute Gasteiger partial charge is 0.326 e. The molecule has 0 heterocycles. The number of rotatable bonds is 7. The Bertz CT molecular complexity index is 314. The summed E-state index contributed by atoms with van der Waals surface area (Å²) >= 11 is 0. The molecule has 1 amide bonds. The van der Waals surface area contributed by atoms with E-state index < -0.39 is 23.9 Å². The molecule has 0 aliphatic heterocycles. The molecule has 104 valence electrons. The lowest BCUT2D eigenvalue weighted by Gasteiger charge is -2.19. The number of carboxylic acid groups (broad SMARTS) is 1. The van der Waals surface area contributed by atoms with E-state index in [9.17, 15) is 14.4 Å². The summed E-state index contributed by atoms with van der Waals surface area (Å²) in [5, 5.41) is 11.4. The molecule has 0 aromatic carbocycles. The summed E-state index contributed by atoms with van der Waals surface area (Å²) in [6.07, 6.45) is 0.0205. The van der Waals surface area contributed by atoms with Crippen molar-refractivity contribution in [3.05, 3.63) is 0 Å². The van der Waals surface area contributed by atoms with Gasteiger partial charge < -0.3 is 15.2 Å². The molecule has 0 aliphatic rings. The van der Waals surface area contributed by atoms with Crippen LogP contribution in [0.4, 0.5) is 0 Å². The molecule has 0 saturated carbocycles. The maximum absolute atomic E-state index is 11.4. The van der Waals surface area contributed by atoms with E-state index in [1.54, 1.807) is 27.7 Å². The van der Waals surface area contributed by atoms with Crippen molar-refractivity contribution in [2.24, 2.45) is 11.8 Å². The van der Waals surface area contributed by atoms with Crippen molar-refractivity contribution in [3.63, 3.8) is 0 Å². The number of carbonyl (C=O) groups excluding carboxylic acids is 2. The molecular formula is C12H21NO5. The van der Waals surface area contributed by atoms with E-state index in [4.69, 9.17) is 9.84 Å². The first kappa shape index (κ1) is 16.4. The zero-order valence-corrected chi connectivity index (χ0v) is 11.2. The minimum atomic E-state index is -1.15. The molecule has 0 rings (SSSR count). The molecule has 0 radical (unpaired) electrons. The van der Waals surface area contributed by atoms with E-state index in [1.807, 2.05) is 0 Å². The van der Waals surface area contributed by atoms with Crippen molar-refractivity contribution in [3.8, 4) is 0 Å². The van der Waals surface area contributed by atoms with Crippen molar-refractivity contribution >= 4 is 17.8 Å². The first-order valence-corrected chi connectivity index (χ1v) is 5.99. The predicted octanol–water partition coefficient (Wildman–Crippen LogP) is 0.801. The number of carboxylic acids is 1. The molecule has 0 bridgehead atoms. The van der Waals surface area contributed by atoms with Gasteiger partial charge in [-0.1, -0.05) is 20.8 Å². The van der Waals surface area contributed by atoms with Crippen LogP contribution in [0.15, 0.2) is 0 Å². The van der Waals surface area contributed by atoms with Gasteiger partial charge in [0.1, 0.15) is 6.04 Å². The molecule has 6 nitrogen and oxygen atoms in total. The molecule has 0 saturated heterocycles. The average molecular weight is 259 g/mol. The van der Waals surface area contributed by atoms with Crippen LogP contribution in [0.3, 0.4) is 0 Å². The zero-order valence-electron chi connectivity index (χ0n) is 11.2. The summed E-state index contributed by atoms with van der Waals surface area (Å²) in [5.41, 5.74) is 0. The molecule has 2 atom stereocenters. The molecule has 18 heavy (non-hydrogen) atoms. The average Bonchev–Trinajstić information content (AvgIpc) is 2.27. The van der Waals surface area contributed by atoms with Crippen molar-refractivity contribution in [2.45, 2.75) is 40.2 Å². The number of aliphatic carboxylic acids is 1. The number of ether oxygens (including phenoxy) is 1.